The number of thioether (sulfide) groups is 1. The van der Waals surface area contributed by atoms with Crippen LogP contribution in [0.25, 0.3) is 11.4 Å². The minimum absolute atomic E-state index is 0.179. The van der Waals surface area contributed by atoms with Gasteiger partial charge in [0.2, 0.25) is 5.91 Å². The lowest BCUT2D eigenvalue weighted by molar-refractivity contribution is -0.129. The van der Waals surface area contributed by atoms with Gasteiger partial charge in [0.15, 0.2) is 11.0 Å². The molecule has 2 saturated heterocycles. The summed E-state index contributed by atoms with van der Waals surface area (Å²) in [5, 5.41) is 9.56. The van der Waals surface area contributed by atoms with Crippen LogP contribution >= 0.6 is 11.8 Å². The molecule has 2 aliphatic rings. The summed E-state index contributed by atoms with van der Waals surface area (Å²) in [5.41, 5.74) is 0.977. The Balaban J connectivity index is 1.50. The van der Waals surface area contributed by atoms with Gasteiger partial charge in [-0.2, -0.15) is 0 Å². The van der Waals surface area contributed by atoms with Crippen LogP contribution in [-0.2, 0) is 16.1 Å². The number of hydrogen-bond donors (Lipinski definition) is 0. The Morgan fingerprint density at radius 3 is 2.70 bits per heavy atom. The molecule has 0 bridgehead atoms. The van der Waals surface area contributed by atoms with E-state index < -0.39 is 0 Å². The molecule has 2 aromatic rings. The van der Waals surface area contributed by atoms with E-state index in [2.05, 4.69) is 19.7 Å². The molecule has 0 aromatic carbocycles. The van der Waals surface area contributed by atoms with Crippen molar-refractivity contribution in [1.82, 2.24) is 24.6 Å². The molecule has 27 heavy (non-hydrogen) atoms. The fraction of sp³-hybridized carbons (Fsp3) is 0.579. The molecule has 4 rings (SSSR count). The number of likely N-dealkylation sites (tertiary alicyclic amines) is 1. The van der Waals surface area contributed by atoms with E-state index in [-0.39, 0.29) is 12.0 Å². The average molecular weight is 388 g/mol. The zero-order valence-corrected chi connectivity index (χ0v) is 16.2. The van der Waals surface area contributed by atoms with Crippen molar-refractivity contribution in [2.45, 2.75) is 49.9 Å². The highest BCUT2D eigenvalue weighted by atomic mass is 32.2. The molecule has 1 atom stereocenters. The smallest absolute Gasteiger partial charge is 0.233 e. The molecule has 8 heteroatoms. The number of amides is 1. The summed E-state index contributed by atoms with van der Waals surface area (Å²) in [4.78, 5) is 18.6. The standard InChI is InChI=1S/C19H25N5O2S/c25-17(23-10-2-1-3-11-23)14-27-19-22-21-18(15-6-8-20-9-7-15)24(19)13-16-5-4-12-26-16/h6-9,16H,1-5,10-14H2/t16-/m0/s1. The Hall–Kier alpha value is -1.93. The predicted molar refractivity (Wildman–Crippen MR) is 103 cm³/mol. The van der Waals surface area contributed by atoms with Gasteiger partial charge < -0.3 is 9.64 Å². The summed E-state index contributed by atoms with van der Waals surface area (Å²) in [6, 6.07) is 3.87. The van der Waals surface area contributed by atoms with E-state index in [0.717, 1.165) is 61.9 Å². The molecular formula is C19H25N5O2S. The van der Waals surface area contributed by atoms with Crippen LogP contribution in [0.1, 0.15) is 32.1 Å². The van der Waals surface area contributed by atoms with Crippen molar-refractivity contribution in [3.05, 3.63) is 24.5 Å². The second-order valence-corrected chi connectivity index (χ2v) is 7.96. The van der Waals surface area contributed by atoms with Crippen molar-refractivity contribution in [2.24, 2.45) is 0 Å². The first kappa shape index (κ1) is 18.4. The fourth-order valence-electron chi connectivity index (χ4n) is 3.63. The van der Waals surface area contributed by atoms with Crippen molar-refractivity contribution < 1.29 is 9.53 Å². The lowest BCUT2D eigenvalue weighted by atomic mass is 10.1. The zero-order valence-electron chi connectivity index (χ0n) is 15.4. The number of carbonyl (C=O) groups is 1. The van der Waals surface area contributed by atoms with Crippen LogP contribution in [0.3, 0.4) is 0 Å². The van der Waals surface area contributed by atoms with Crippen molar-refractivity contribution in [3.63, 3.8) is 0 Å². The molecule has 0 aliphatic carbocycles. The van der Waals surface area contributed by atoms with E-state index >= 15 is 0 Å². The SMILES string of the molecule is O=C(CSc1nnc(-c2ccncc2)n1C[C@@H]1CCCO1)N1CCCCC1. The third-order valence-electron chi connectivity index (χ3n) is 5.10. The fourth-order valence-corrected chi connectivity index (χ4v) is 4.48. The summed E-state index contributed by atoms with van der Waals surface area (Å²) in [7, 11) is 0. The lowest BCUT2D eigenvalue weighted by Crippen LogP contribution is -2.36. The highest BCUT2D eigenvalue weighted by molar-refractivity contribution is 7.99. The molecule has 2 aromatic heterocycles. The highest BCUT2D eigenvalue weighted by Gasteiger charge is 2.23. The maximum Gasteiger partial charge on any atom is 0.233 e. The molecule has 0 radical (unpaired) electrons. The van der Waals surface area contributed by atoms with Crippen molar-refractivity contribution >= 4 is 17.7 Å². The van der Waals surface area contributed by atoms with Gasteiger partial charge in [0, 0.05) is 37.7 Å². The number of nitrogens with zero attached hydrogens (tertiary/aromatic N) is 5. The minimum Gasteiger partial charge on any atom is -0.376 e. The van der Waals surface area contributed by atoms with Crippen LogP contribution in [0.15, 0.2) is 29.7 Å². The molecule has 1 amide bonds. The molecule has 144 valence electrons. The van der Waals surface area contributed by atoms with Crippen LogP contribution in [0.5, 0.6) is 0 Å². The molecule has 0 spiro atoms. The average Bonchev–Trinajstić information content (AvgIpc) is 3.38. The maximum atomic E-state index is 12.5. The van der Waals surface area contributed by atoms with E-state index in [9.17, 15) is 4.79 Å². The predicted octanol–water partition coefficient (Wildman–Crippen LogP) is 2.62. The number of aromatic nitrogens is 4. The number of pyridine rings is 1. The van der Waals surface area contributed by atoms with Gasteiger partial charge >= 0.3 is 0 Å². The van der Waals surface area contributed by atoms with Gasteiger partial charge in [0.1, 0.15) is 0 Å². The number of rotatable bonds is 6. The summed E-state index contributed by atoms with van der Waals surface area (Å²) in [6.45, 7) is 3.28. The van der Waals surface area contributed by atoms with Gasteiger partial charge in [-0.3, -0.25) is 14.3 Å². The van der Waals surface area contributed by atoms with E-state index in [1.807, 2.05) is 17.0 Å². The first-order valence-electron chi connectivity index (χ1n) is 9.67. The normalized spacial score (nSPS) is 20.1. The summed E-state index contributed by atoms with van der Waals surface area (Å²) < 4.78 is 7.92. The van der Waals surface area contributed by atoms with Crippen LogP contribution in [-0.4, -0.2) is 62.1 Å². The molecule has 2 aliphatic heterocycles. The van der Waals surface area contributed by atoms with Gasteiger partial charge in [0.05, 0.1) is 18.4 Å². The first-order valence-corrected chi connectivity index (χ1v) is 10.7. The largest absolute Gasteiger partial charge is 0.376 e. The summed E-state index contributed by atoms with van der Waals surface area (Å²) in [6.07, 6.45) is 9.27. The van der Waals surface area contributed by atoms with E-state index in [1.54, 1.807) is 12.4 Å². The number of hydrogen-bond acceptors (Lipinski definition) is 6. The third-order valence-corrected chi connectivity index (χ3v) is 6.05. The lowest BCUT2D eigenvalue weighted by Gasteiger charge is -2.26. The van der Waals surface area contributed by atoms with Gasteiger partial charge in [-0.15, -0.1) is 10.2 Å². The Kier molecular flexibility index (Phi) is 6.03. The third kappa shape index (κ3) is 4.50. The van der Waals surface area contributed by atoms with Gasteiger partial charge in [-0.1, -0.05) is 11.8 Å². The highest BCUT2D eigenvalue weighted by Crippen LogP contribution is 2.26. The molecule has 0 unspecified atom stereocenters. The minimum atomic E-state index is 0.179. The quantitative estimate of drug-likeness (QED) is 0.710. The molecule has 0 saturated carbocycles. The number of piperidine rings is 1. The van der Waals surface area contributed by atoms with Crippen LogP contribution in [0.4, 0.5) is 0 Å². The van der Waals surface area contributed by atoms with E-state index in [0.29, 0.717) is 12.3 Å². The monoisotopic (exact) mass is 387 g/mol. The van der Waals surface area contributed by atoms with Crippen LogP contribution in [0, 0.1) is 0 Å². The zero-order chi connectivity index (χ0) is 18.5. The Morgan fingerprint density at radius 1 is 1.15 bits per heavy atom. The molecular weight excluding hydrogens is 362 g/mol. The van der Waals surface area contributed by atoms with E-state index in [1.165, 1.54) is 18.2 Å². The second-order valence-electron chi connectivity index (χ2n) is 7.02. The summed E-state index contributed by atoms with van der Waals surface area (Å²) in [5.74, 6) is 1.40. The topological polar surface area (TPSA) is 73.1 Å². The van der Waals surface area contributed by atoms with Crippen molar-refractivity contribution in [2.75, 3.05) is 25.4 Å². The Bertz CT molecular complexity index is 755. The Labute approximate surface area is 163 Å². The van der Waals surface area contributed by atoms with Crippen molar-refractivity contribution in [3.8, 4) is 11.4 Å². The van der Waals surface area contributed by atoms with Gasteiger partial charge in [-0.05, 0) is 44.2 Å². The van der Waals surface area contributed by atoms with Crippen LogP contribution in [0.2, 0.25) is 0 Å². The maximum absolute atomic E-state index is 12.5. The summed E-state index contributed by atoms with van der Waals surface area (Å²) >= 11 is 1.47. The number of carbonyl (C=O) groups excluding carboxylic acids is 1. The molecule has 4 heterocycles. The van der Waals surface area contributed by atoms with Crippen LogP contribution < -0.4 is 0 Å². The first-order chi connectivity index (χ1) is 13.3. The Morgan fingerprint density at radius 2 is 1.96 bits per heavy atom. The van der Waals surface area contributed by atoms with E-state index in [4.69, 9.17) is 4.74 Å². The molecule has 7 nitrogen and oxygen atoms in total. The van der Waals surface area contributed by atoms with Gasteiger partial charge in [0.25, 0.3) is 0 Å². The van der Waals surface area contributed by atoms with Gasteiger partial charge in [-0.25, -0.2) is 0 Å². The van der Waals surface area contributed by atoms with Crippen molar-refractivity contribution in [1.29, 1.82) is 0 Å². The second kappa shape index (κ2) is 8.84. The molecule has 0 N–H and O–H groups in total. The molecule has 2 fully saturated rings. The number of ether oxygens (including phenoxy) is 1.